The number of halogens is 1. The van der Waals surface area contributed by atoms with Crippen molar-refractivity contribution < 1.29 is 0 Å². The molecule has 2 N–H and O–H groups in total. The van der Waals surface area contributed by atoms with E-state index in [-0.39, 0.29) is 12.0 Å². The number of hydrogen-bond acceptors (Lipinski definition) is 4. The molecule has 2 aromatic rings. The van der Waals surface area contributed by atoms with Crippen molar-refractivity contribution >= 4 is 23.2 Å². The van der Waals surface area contributed by atoms with Crippen LogP contribution in [0.15, 0.2) is 30.3 Å². The molecule has 1 atom stereocenters. The van der Waals surface area contributed by atoms with Gasteiger partial charge in [0.2, 0.25) is 0 Å². The summed E-state index contributed by atoms with van der Waals surface area (Å²) in [5.74, 6) is 2.33. The smallest absolute Gasteiger partial charge is 0.135 e. The van der Waals surface area contributed by atoms with Gasteiger partial charge in [-0.15, -0.1) is 0 Å². The van der Waals surface area contributed by atoms with Crippen LogP contribution in [0.3, 0.4) is 0 Å². The topological polar surface area (TPSA) is 55.0 Å². The maximum atomic E-state index is 5.94. The van der Waals surface area contributed by atoms with Crippen molar-refractivity contribution in [2.24, 2.45) is 0 Å². The second-order valence-electron chi connectivity index (χ2n) is 5.50. The van der Waals surface area contributed by atoms with Crippen molar-refractivity contribution in [3.63, 3.8) is 0 Å². The zero-order valence-electron chi connectivity index (χ0n) is 12.8. The minimum Gasteiger partial charge on any atom is -0.384 e. The average Bonchev–Trinajstić information content (AvgIpc) is 2.45. The predicted octanol–water partition coefficient (Wildman–Crippen LogP) is 4.03. The number of aromatic nitrogens is 2. The van der Waals surface area contributed by atoms with E-state index in [4.69, 9.17) is 17.3 Å². The summed E-state index contributed by atoms with van der Waals surface area (Å²) in [4.78, 5) is 11.0. The number of benzene rings is 1. The zero-order chi connectivity index (χ0) is 15.6. The lowest BCUT2D eigenvalue weighted by Gasteiger charge is -2.27. The van der Waals surface area contributed by atoms with Crippen LogP contribution >= 0.6 is 11.6 Å². The van der Waals surface area contributed by atoms with E-state index in [2.05, 4.69) is 35.6 Å². The van der Waals surface area contributed by atoms with Gasteiger partial charge in [0, 0.05) is 24.1 Å². The van der Waals surface area contributed by atoms with Gasteiger partial charge < -0.3 is 10.6 Å². The minimum atomic E-state index is 0.163. The summed E-state index contributed by atoms with van der Waals surface area (Å²) in [5, 5.41) is 0.738. The quantitative estimate of drug-likeness (QED) is 0.926. The molecule has 0 amide bonds. The molecule has 1 aromatic heterocycles. The lowest BCUT2D eigenvalue weighted by molar-refractivity contribution is 0.710. The molecule has 1 heterocycles. The third-order valence-corrected chi connectivity index (χ3v) is 3.81. The molecule has 0 aliphatic heterocycles. The average molecular weight is 305 g/mol. The predicted molar refractivity (Wildman–Crippen MR) is 88.8 cm³/mol. The van der Waals surface area contributed by atoms with Gasteiger partial charge in [-0.1, -0.05) is 37.6 Å². The Labute approximate surface area is 131 Å². The maximum Gasteiger partial charge on any atom is 0.135 e. The molecule has 0 saturated carbocycles. The highest BCUT2D eigenvalue weighted by atomic mass is 35.5. The molecule has 0 radical (unpaired) electrons. The minimum absolute atomic E-state index is 0.163. The third kappa shape index (κ3) is 3.64. The normalized spacial score (nSPS) is 12.5. The van der Waals surface area contributed by atoms with E-state index in [1.165, 1.54) is 5.56 Å². The second kappa shape index (κ2) is 6.31. The fourth-order valence-corrected chi connectivity index (χ4v) is 2.20. The van der Waals surface area contributed by atoms with Gasteiger partial charge in [-0.2, -0.15) is 0 Å². The summed E-state index contributed by atoms with van der Waals surface area (Å²) < 4.78 is 0. The van der Waals surface area contributed by atoms with Gasteiger partial charge in [0.15, 0.2) is 0 Å². The number of nitrogens with zero attached hydrogens (tertiary/aromatic N) is 3. The monoisotopic (exact) mass is 304 g/mol. The van der Waals surface area contributed by atoms with Crippen molar-refractivity contribution in [3.05, 3.63) is 46.7 Å². The summed E-state index contributed by atoms with van der Waals surface area (Å²) in [6.45, 7) is 6.24. The summed E-state index contributed by atoms with van der Waals surface area (Å²) in [7, 11) is 2.01. The molecule has 5 heteroatoms. The first kappa shape index (κ1) is 15.6. The molecule has 2 rings (SSSR count). The van der Waals surface area contributed by atoms with Crippen molar-refractivity contribution in [1.82, 2.24) is 9.97 Å². The SMILES string of the molecule is CC(C)c1nc(N)cc(N(C)C(C)c2ccc(Cl)cc2)n1. The number of hydrogen-bond donors (Lipinski definition) is 1. The van der Waals surface area contributed by atoms with Crippen LogP contribution in [-0.2, 0) is 0 Å². The van der Waals surface area contributed by atoms with E-state index >= 15 is 0 Å². The summed E-state index contributed by atoms with van der Waals surface area (Å²) in [6, 6.07) is 9.81. The number of nitrogens with two attached hydrogens (primary N) is 1. The highest BCUT2D eigenvalue weighted by Gasteiger charge is 2.16. The van der Waals surface area contributed by atoms with Crippen molar-refractivity contribution in [2.75, 3.05) is 17.7 Å². The molecule has 1 aromatic carbocycles. The molecular weight excluding hydrogens is 284 g/mol. The molecule has 21 heavy (non-hydrogen) atoms. The molecule has 1 unspecified atom stereocenters. The molecule has 0 aliphatic rings. The zero-order valence-corrected chi connectivity index (χ0v) is 13.6. The largest absolute Gasteiger partial charge is 0.384 e. The molecule has 112 valence electrons. The van der Waals surface area contributed by atoms with Gasteiger partial charge in [0.05, 0.1) is 6.04 Å². The van der Waals surface area contributed by atoms with Gasteiger partial charge in [-0.05, 0) is 24.6 Å². The highest BCUT2D eigenvalue weighted by Crippen LogP contribution is 2.26. The first-order chi connectivity index (χ1) is 9.88. The van der Waals surface area contributed by atoms with Crippen LogP contribution in [0.5, 0.6) is 0 Å². The third-order valence-electron chi connectivity index (χ3n) is 3.56. The number of anilines is 2. The van der Waals surface area contributed by atoms with Gasteiger partial charge in [0.25, 0.3) is 0 Å². The molecule has 0 bridgehead atoms. The van der Waals surface area contributed by atoms with Crippen molar-refractivity contribution in [2.45, 2.75) is 32.7 Å². The molecular formula is C16H21ClN4. The van der Waals surface area contributed by atoms with E-state index in [1.54, 1.807) is 6.07 Å². The lowest BCUT2D eigenvalue weighted by atomic mass is 10.1. The Morgan fingerprint density at radius 1 is 1.10 bits per heavy atom. The Bertz CT molecular complexity index is 610. The van der Waals surface area contributed by atoms with Gasteiger partial charge in [-0.25, -0.2) is 9.97 Å². The Morgan fingerprint density at radius 3 is 2.29 bits per heavy atom. The van der Waals surface area contributed by atoms with Crippen molar-refractivity contribution in [3.8, 4) is 0 Å². The van der Waals surface area contributed by atoms with Crippen LogP contribution in [0.25, 0.3) is 0 Å². The second-order valence-corrected chi connectivity index (χ2v) is 5.94. The van der Waals surface area contributed by atoms with Crippen LogP contribution in [0, 0.1) is 0 Å². The molecule has 0 saturated heterocycles. The van der Waals surface area contributed by atoms with E-state index in [0.717, 1.165) is 16.7 Å². The van der Waals surface area contributed by atoms with E-state index in [0.29, 0.717) is 5.82 Å². The summed E-state index contributed by atoms with van der Waals surface area (Å²) >= 11 is 5.94. The number of nitrogen functional groups attached to an aromatic ring is 1. The number of rotatable bonds is 4. The first-order valence-corrected chi connectivity index (χ1v) is 7.39. The molecule has 0 spiro atoms. The maximum absolute atomic E-state index is 5.94. The Balaban J connectivity index is 2.30. The first-order valence-electron chi connectivity index (χ1n) is 7.01. The molecule has 0 fully saturated rings. The summed E-state index contributed by atoms with van der Waals surface area (Å²) in [6.07, 6.45) is 0. The van der Waals surface area contributed by atoms with E-state index in [9.17, 15) is 0 Å². The Hall–Kier alpha value is -1.81. The van der Waals surface area contributed by atoms with Crippen molar-refractivity contribution in [1.29, 1.82) is 0 Å². The Morgan fingerprint density at radius 2 is 1.71 bits per heavy atom. The van der Waals surface area contributed by atoms with Gasteiger partial charge >= 0.3 is 0 Å². The van der Waals surface area contributed by atoms with Crippen LogP contribution in [0.4, 0.5) is 11.6 Å². The van der Waals surface area contributed by atoms with Gasteiger partial charge in [-0.3, -0.25) is 0 Å². The van der Waals surface area contributed by atoms with E-state index in [1.807, 2.05) is 31.3 Å². The standard InChI is InChI=1S/C16H21ClN4/c1-10(2)16-19-14(18)9-15(20-16)21(4)11(3)12-5-7-13(17)8-6-12/h5-11H,1-4H3,(H2,18,19,20). The fraction of sp³-hybridized carbons (Fsp3) is 0.375. The van der Waals surface area contributed by atoms with Crippen LogP contribution in [0.1, 0.15) is 44.1 Å². The van der Waals surface area contributed by atoms with Crippen LogP contribution in [0.2, 0.25) is 5.02 Å². The van der Waals surface area contributed by atoms with Gasteiger partial charge in [0.1, 0.15) is 17.5 Å². The fourth-order valence-electron chi connectivity index (χ4n) is 2.07. The molecule has 0 aliphatic carbocycles. The Kier molecular flexibility index (Phi) is 4.68. The van der Waals surface area contributed by atoms with Crippen LogP contribution < -0.4 is 10.6 Å². The lowest BCUT2D eigenvalue weighted by Crippen LogP contribution is -2.23. The highest BCUT2D eigenvalue weighted by molar-refractivity contribution is 6.30. The van der Waals surface area contributed by atoms with E-state index < -0.39 is 0 Å². The summed E-state index contributed by atoms with van der Waals surface area (Å²) in [5.41, 5.74) is 7.07. The van der Waals surface area contributed by atoms with Crippen LogP contribution in [-0.4, -0.2) is 17.0 Å². The molecule has 4 nitrogen and oxygen atoms in total.